The Hall–Kier alpha value is -6.15. The lowest BCUT2D eigenvalue weighted by molar-refractivity contribution is 0.0592. The molecular formula is C45H28Br2ClN5O8S3. The second kappa shape index (κ2) is 20.6. The molecule has 2 aromatic carbocycles. The Morgan fingerprint density at radius 3 is 1.31 bits per heavy atom. The van der Waals surface area contributed by atoms with Gasteiger partial charge in [0, 0.05) is 94.1 Å². The van der Waals surface area contributed by atoms with Gasteiger partial charge in [0.1, 0.15) is 5.15 Å². The second-order valence-electron chi connectivity index (χ2n) is 12.9. The summed E-state index contributed by atoms with van der Waals surface area (Å²) >= 11 is 16.6. The standard InChI is InChI=1S/C18H14N2O4S.C16H6N2O2S.C7H6ClNO2.C4H2Br2S/c1-23-17(21)11-5-3-7-19-15(11)13-9-25-10-14(13)16-12(18(22)24-2)6-4-8-20-16;19-13-7-3-1-5-17-11(7)9-10-12-8(4-2-6-18-12)14(20)16(10)21-15(9)13;1-11-7(10)5-3-2-4-9-6(5)8;5-3-1-7-2-4(3)6/h3-10H,1-2H3;1-6H;2-4H,1H3;1-2H. The summed E-state index contributed by atoms with van der Waals surface area (Å²) < 4.78 is 17.6. The van der Waals surface area contributed by atoms with Gasteiger partial charge in [-0.2, -0.15) is 22.7 Å². The van der Waals surface area contributed by atoms with Gasteiger partial charge in [-0.05, 0) is 92.5 Å². The van der Waals surface area contributed by atoms with Crippen molar-refractivity contribution in [2.24, 2.45) is 0 Å². The van der Waals surface area contributed by atoms with E-state index in [0.29, 0.717) is 64.8 Å². The maximum Gasteiger partial charge on any atom is 0.341 e. The lowest BCUT2D eigenvalue weighted by Gasteiger charge is -2.10. The summed E-state index contributed by atoms with van der Waals surface area (Å²) in [6.07, 6.45) is 8.04. The van der Waals surface area contributed by atoms with E-state index >= 15 is 0 Å². The molecule has 0 unspecified atom stereocenters. The number of thiophene rings is 3. The van der Waals surface area contributed by atoms with Crippen molar-refractivity contribution in [3.05, 3.63) is 164 Å². The van der Waals surface area contributed by atoms with Crippen LogP contribution in [0.2, 0.25) is 5.15 Å². The van der Waals surface area contributed by atoms with Crippen LogP contribution in [0.4, 0.5) is 0 Å². The lowest BCUT2D eigenvalue weighted by Crippen LogP contribution is -2.06. The van der Waals surface area contributed by atoms with E-state index < -0.39 is 17.9 Å². The van der Waals surface area contributed by atoms with E-state index in [9.17, 15) is 24.0 Å². The summed E-state index contributed by atoms with van der Waals surface area (Å²) in [5.74, 6) is -1.42. The predicted octanol–water partition coefficient (Wildman–Crippen LogP) is 11.0. The number of methoxy groups -OCH3 is 3. The first kappa shape index (κ1) is 45.9. The molecule has 0 fully saturated rings. The molecule has 0 amide bonds. The van der Waals surface area contributed by atoms with Gasteiger partial charge in [-0.3, -0.25) is 29.5 Å². The number of hydrogen-bond donors (Lipinski definition) is 0. The summed E-state index contributed by atoms with van der Waals surface area (Å²) in [5.41, 5.74) is 4.60. The summed E-state index contributed by atoms with van der Waals surface area (Å²) in [6, 6.07) is 16.9. The average molecular weight is 1060 g/mol. The van der Waals surface area contributed by atoms with Gasteiger partial charge < -0.3 is 14.2 Å². The normalized spacial score (nSPS) is 10.7. The van der Waals surface area contributed by atoms with Crippen molar-refractivity contribution in [3.8, 4) is 22.5 Å². The van der Waals surface area contributed by atoms with Gasteiger partial charge in [-0.1, -0.05) is 11.6 Å². The van der Waals surface area contributed by atoms with Crippen molar-refractivity contribution in [2.45, 2.75) is 0 Å². The molecule has 64 heavy (non-hydrogen) atoms. The van der Waals surface area contributed by atoms with Crippen LogP contribution >= 0.6 is 77.5 Å². The average Bonchev–Trinajstić information content (AvgIpc) is 4.17. The minimum Gasteiger partial charge on any atom is -0.465 e. The Bertz CT molecular complexity index is 3250. The third-order valence-corrected chi connectivity index (χ3v) is 14.7. The van der Waals surface area contributed by atoms with Gasteiger partial charge >= 0.3 is 17.9 Å². The van der Waals surface area contributed by atoms with Gasteiger partial charge in [-0.25, -0.2) is 19.4 Å². The fraction of sp³-hybridized carbons (Fsp3) is 0.0667. The smallest absolute Gasteiger partial charge is 0.341 e. The van der Waals surface area contributed by atoms with Crippen molar-refractivity contribution < 1.29 is 28.6 Å². The van der Waals surface area contributed by atoms with E-state index in [1.54, 1.807) is 96.8 Å². The van der Waals surface area contributed by atoms with Crippen molar-refractivity contribution in [3.63, 3.8) is 0 Å². The summed E-state index contributed by atoms with van der Waals surface area (Å²) in [5, 5.41) is 10.7. The van der Waals surface area contributed by atoms with Crippen LogP contribution < -0.4 is 10.9 Å². The molecule has 8 heterocycles. The van der Waals surface area contributed by atoms with Crippen molar-refractivity contribution >= 4 is 137 Å². The van der Waals surface area contributed by atoms with Crippen molar-refractivity contribution in [1.29, 1.82) is 0 Å². The number of hydrogen-bond acceptors (Lipinski definition) is 16. The van der Waals surface area contributed by atoms with Gasteiger partial charge in [0.25, 0.3) is 0 Å². The molecule has 19 heteroatoms. The number of nitrogens with zero attached hydrogens (tertiary/aromatic N) is 5. The van der Waals surface area contributed by atoms with E-state index in [1.165, 1.54) is 50.2 Å². The molecule has 8 aromatic heterocycles. The minimum absolute atomic E-state index is 0.0437. The molecule has 0 radical (unpaired) electrons. The number of carbonyl (C=O) groups excluding carboxylic acids is 3. The highest BCUT2D eigenvalue weighted by molar-refractivity contribution is 9.13. The van der Waals surface area contributed by atoms with E-state index in [1.807, 2.05) is 21.5 Å². The monoisotopic (exact) mass is 1050 g/mol. The number of ether oxygens (including phenoxy) is 3. The minimum atomic E-state index is -0.477. The Labute approximate surface area is 396 Å². The zero-order valence-corrected chi connectivity index (χ0v) is 39.7. The molecular weight excluding hydrogens is 1030 g/mol. The first-order chi connectivity index (χ1) is 31.0. The fourth-order valence-corrected chi connectivity index (χ4v) is 10.4. The highest BCUT2D eigenvalue weighted by Gasteiger charge is 2.24. The topological polar surface area (TPSA) is 177 Å². The number of halogens is 3. The zero-order valence-electron chi connectivity index (χ0n) is 33.3. The quantitative estimate of drug-likeness (QED) is 0.0904. The second-order valence-corrected chi connectivity index (χ2v) is 17.4. The molecule has 0 bridgehead atoms. The summed E-state index contributed by atoms with van der Waals surface area (Å²) in [6.45, 7) is 0. The first-order valence-electron chi connectivity index (χ1n) is 18.4. The van der Waals surface area contributed by atoms with Crippen LogP contribution in [0.3, 0.4) is 0 Å². The molecule has 0 aliphatic rings. The van der Waals surface area contributed by atoms with Crippen LogP contribution in [-0.4, -0.2) is 64.2 Å². The van der Waals surface area contributed by atoms with Crippen LogP contribution in [0.5, 0.6) is 0 Å². The molecule has 0 saturated heterocycles. The highest BCUT2D eigenvalue weighted by atomic mass is 79.9. The summed E-state index contributed by atoms with van der Waals surface area (Å²) in [7, 11) is 3.94. The van der Waals surface area contributed by atoms with Gasteiger partial charge in [0.05, 0.1) is 69.8 Å². The number of pyridine rings is 5. The van der Waals surface area contributed by atoms with Crippen LogP contribution in [0.25, 0.3) is 64.5 Å². The van der Waals surface area contributed by atoms with Gasteiger partial charge in [0.15, 0.2) is 0 Å². The maximum absolute atomic E-state index is 12.5. The Morgan fingerprint density at radius 1 is 0.531 bits per heavy atom. The Morgan fingerprint density at radius 2 is 0.906 bits per heavy atom. The molecule has 10 rings (SSSR count). The predicted molar refractivity (Wildman–Crippen MR) is 259 cm³/mol. The highest BCUT2D eigenvalue weighted by Crippen LogP contribution is 2.40. The van der Waals surface area contributed by atoms with Gasteiger partial charge in [0.2, 0.25) is 10.9 Å². The molecule has 0 atom stereocenters. The van der Waals surface area contributed by atoms with E-state index in [0.717, 1.165) is 19.7 Å². The van der Waals surface area contributed by atoms with Crippen LogP contribution in [0, 0.1) is 0 Å². The number of aromatic nitrogens is 5. The molecule has 13 nitrogen and oxygen atoms in total. The molecule has 0 saturated carbocycles. The van der Waals surface area contributed by atoms with Crippen LogP contribution in [0.1, 0.15) is 31.1 Å². The third kappa shape index (κ3) is 9.24. The van der Waals surface area contributed by atoms with Crippen LogP contribution in [0.15, 0.2) is 132 Å². The lowest BCUT2D eigenvalue weighted by atomic mass is 10.00. The number of esters is 3. The molecule has 10 aromatic rings. The molecule has 0 aliphatic carbocycles. The van der Waals surface area contributed by atoms with Crippen molar-refractivity contribution in [2.75, 3.05) is 21.3 Å². The Balaban J connectivity index is 0.000000140. The summed E-state index contributed by atoms with van der Waals surface area (Å²) in [4.78, 5) is 81.0. The van der Waals surface area contributed by atoms with Crippen molar-refractivity contribution in [1.82, 2.24) is 24.9 Å². The molecule has 0 aliphatic heterocycles. The fourth-order valence-electron chi connectivity index (χ4n) is 6.39. The largest absolute Gasteiger partial charge is 0.465 e. The maximum atomic E-state index is 12.5. The molecule has 0 N–H and O–H groups in total. The third-order valence-electron chi connectivity index (χ3n) is 9.23. The van der Waals surface area contributed by atoms with E-state index in [-0.39, 0.29) is 21.6 Å². The SMILES string of the molecule is Brc1cscc1Br.COC(=O)c1cccnc1-c1cscc1-c1ncccc1C(=O)OC.COC(=O)c1cccnc1Cl.O=c1c2cccnc2c2c1sc1c(=O)c3cccnc3c12. The first-order valence-corrected chi connectivity index (χ1v) is 23.0. The number of rotatable bonds is 5. The number of fused-ring (bicyclic) bond motifs is 7. The van der Waals surface area contributed by atoms with E-state index in [4.69, 9.17) is 21.1 Å². The zero-order chi connectivity index (χ0) is 45.5. The Kier molecular flexibility index (Phi) is 14.7. The van der Waals surface area contributed by atoms with E-state index in [2.05, 4.69) is 61.5 Å². The molecule has 320 valence electrons. The number of carbonyl (C=O) groups is 3. The molecule has 0 spiro atoms. The van der Waals surface area contributed by atoms with Gasteiger partial charge in [-0.15, -0.1) is 11.3 Å². The van der Waals surface area contributed by atoms with Crippen LogP contribution in [-0.2, 0) is 14.2 Å².